The lowest BCUT2D eigenvalue weighted by atomic mass is 9.96. The first-order valence-corrected chi connectivity index (χ1v) is 13.0. The van der Waals surface area contributed by atoms with Crippen molar-refractivity contribution in [3.05, 3.63) is 58.7 Å². The van der Waals surface area contributed by atoms with E-state index < -0.39 is 18.0 Å². The summed E-state index contributed by atoms with van der Waals surface area (Å²) in [6, 6.07) is 7.27. The summed E-state index contributed by atoms with van der Waals surface area (Å²) in [6.45, 7) is 10.3. The van der Waals surface area contributed by atoms with Crippen LogP contribution in [0.3, 0.4) is 0 Å². The summed E-state index contributed by atoms with van der Waals surface area (Å²) in [5.74, 6) is 1.02. The SMILES string of the molecule is Cc1nc([C@H](Nc2cc(C#N)c3ncc(C#N)c(NCC(C)(C)C)c3c2)C2=CN(C3(C(F)F)CC3)NN2)c(C)o1. The summed E-state index contributed by atoms with van der Waals surface area (Å²) >= 11 is 0. The van der Waals surface area contributed by atoms with Gasteiger partial charge in [-0.05, 0) is 37.3 Å². The van der Waals surface area contributed by atoms with E-state index in [4.69, 9.17) is 4.42 Å². The van der Waals surface area contributed by atoms with Crippen molar-refractivity contribution in [2.45, 2.75) is 65.5 Å². The minimum absolute atomic E-state index is 0.0691. The molecule has 1 aliphatic carbocycles. The van der Waals surface area contributed by atoms with E-state index in [0.717, 1.165) is 0 Å². The third kappa shape index (κ3) is 4.98. The number of halogens is 2. The van der Waals surface area contributed by atoms with E-state index in [1.165, 1.54) is 11.2 Å². The Kier molecular flexibility index (Phi) is 6.76. The van der Waals surface area contributed by atoms with Gasteiger partial charge in [-0.3, -0.25) is 9.99 Å². The van der Waals surface area contributed by atoms with Crippen molar-refractivity contribution in [3.63, 3.8) is 0 Å². The van der Waals surface area contributed by atoms with E-state index in [0.29, 0.717) is 75.8 Å². The quantitative estimate of drug-likeness (QED) is 0.299. The molecule has 3 aromatic rings. The number of nitrogens with one attached hydrogen (secondary N) is 4. The number of hydrogen-bond donors (Lipinski definition) is 4. The van der Waals surface area contributed by atoms with Crippen LogP contribution in [0.5, 0.6) is 0 Å². The lowest BCUT2D eigenvalue weighted by molar-refractivity contribution is 0.00911. The highest BCUT2D eigenvalue weighted by Crippen LogP contribution is 2.47. The molecule has 0 saturated heterocycles. The highest BCUT2D eigenvalue weighted by Gasteiger charge is 2.56. The third-order valence-electron chi connectivity index (χ3n) is 7.08. The molecule has 1 atom stereocenters. The van der Waals surface area contributed by atoms with Crippen LogP contribution < -0.4 is 21.6 Å². The van der Waals surface area contributed by atoms with Crippen LogP contribution in [0.1, 0.15) is 68.1 Å². The zero-order valence-corrected chi connectivity index (χ0v) is 23.0. The van der Waals surface area contributed by atoms with Crippen molar-refractivity contribution < 1.29 is 13.2 Å². The van der Waals surface area contributed by atoms with Crippen LogP contribution in [0.25, 0.3) is 10.9 Å². The van der Waals surface area contributed by atoms with E-state index in [2.05, 4.69) is 64.5 Å². The fourth-order valence-corrected chi connectivity index (χ4v) is 4.78. The molecule has 1 aliphatic heterocycles. The van der Waals surface area contributed by atoms with Gasteiger partial charge in [-0.1, -0.05) is 20.8 Å². The summed E-state index contributed by atoms with van der Waals surface area (Å²) in [5.41, 5.74) is 7.97. The van der Waals surface area contributed by atoms with Crippen LogP contribution in [0.2, 0.25) is 0 Å². The van der Waals surface area contributed by atoms with Crippen LogP contribution in [0.4, 0.5) is 20.2 Å². The van der Waals surface area contributed by atoms with Gasteiger partial charge in [0.05, 0.1) is 28.0 Å². The molecule has 1 fully saturated rings. The van der Waals surface area contributed by atoms with Crippen LogP contribution in [-0.4, -0.2) is 33.5 Å². The summed E-state index contributed by atoms with van der Waals surface area (Å²) in [7, 11) is 0. The van der Waals surface area contributed by atoms with Gasteiger partial charge in [0.1, 0.15) is 35.2 Å². The van der Waals surface area contributed by atoms with Crippen LogP contribution in [0.15, 0.2) is 34.6 Å². The van der Waals surface area contributed by atoms with Crippen molar-refractivity contribution >= 4 is 22.3 Å². The first-order valence-electron chi connectivity index (χ1n) is 13.0. The second-order valence-electron chi connectivity index (χ2n) is 11.5. The molecule has 40 heavy (non-hydrogen) atoms. The average molecular weight is 548 g/mol. The lowest BCUT2D eigenvalue weighted by Gasteiger charge is -2.25. The fourth-order valence-electron chi connectivity index (χ4n) is 4.78. The Morgan fingerprint density at radius 1 is 1.18 bits per heavy atom. The molecule has 1 aromatic carbocycles. The number of aromatic nitrogens is 2. The van der Waals surface area contributed by atoms with Crippen molar-refractivity contribution in [2.75, 3.05) is 17.2 Å². The molecule has 2 aromatic heterocycles. The van der Waals surface area contributed by atoms with E-state index in [9.17, 15) is 19.3 Å². The molecular formula is C28H31F2N9O. The second-order valence-corrected chi connectivity index (χ2v) is 11.5. The molecule has 0 bridgehead atoms. The van der Waals surface area contributed by atoms with Crippen LogP contribution in [0, 0.1) is 41.9 Å². The predicted octanol–water partition coefficient (Wildman–Crippen LogP) is 5.16. The molecule has 5 rings (SSSR count). The maximum Gasteiger partial charge on any atom is 0.262 e. The number of pyridine rings is 1. The Morgan fingerprint density at radius 3 is 2.48 bits per heavy atom. The molecular weight excluding hydrogens is 516 g/mol. The minimum Gasteiger partial charge on any atom is -0.446 e. The minimum atomic E-state index is -2.51. The van der Waals surface area contributed by atoms with Crippen LogP contribution >= 0.6 is 0 Å². The van der Waals surface area contributed by atoms with Gasteiger partial charge in [0, 0.05) is 36.9 Å². The molecule has 2 aliphatic rings. The highest BCUT2D eigenvalue weighted by molar-refractivity contribution is 5.99. The summed E-state index contributed by atoms with van der Waals surface area (Å²) in [5, 5.41) is 28.6. The number of hydrogen-bond acceptors (Lipinski definition) is 10. The number of anilines is 2. The number of hydrazine groups is 2. The fraction of sp³-hybridized carbons (Fsp3) is 0.429. The summed E-state index contributed by atoms with van der Waals surface area (Å²) in [4.78, 5) is 8.97. The molecule has 12 heteroatoms. The number of fused-ring (bicyclic) bond motifs is 1. The number of rotatable bonds is 8. The van der Waals surface area contributed by atoms with Gasteiger partial charge in [0.15, 0.2) is 5.89 Å². The van der Waals surface area contributed by atoms with E-state index in [1.54, 1.807) is 26.1 Å². The maximum atomic E-state index is 13.8. The first kappa shape index (κ1) is 27.2. The van der Waals surface area contributed by atoms with Gasteiger partial charge in [-0.25, -0.2) is 13.8 Å². The maximum absolute atomic E-state index is 13.8. The first-order chi connectivity index (χ1) is 19.0. The average Bonchev–Trinajstić information content (AvgIpc) is 3.45. The largest absolute Gasteiger partial charge is 0.446 e. The van der Waals surface area contributed by atoms with Crippen molar-refractivity contribution in [3.8, 4) is 12.1 Å². The van der Waals surface area contributed by atoms with Gasteiger partial charge in [0.25, 0.3) is 6.43 Å². The normalized spacial score (nSPS) is 16.8. The standard InChI is InChI=1S/C28H31F2N9O/c1-15-22(35-16(2)40-15)25(21-13-39(38-37-21)28(6-7-28)26(29)30)36-19-8-17(10-31)23-20(9-19)24(18(11-32)12-33-23)34-14-27(3,4)5/h8-9,12-13,25-26,36-38H,6-7,14H2,1-5H3,(H,33,34)/t25-/m1/s1. The number of alkyl halides is 2. The lowest BCUT2D eigenvalue weighted by Crippen LogP contribution is -2.48. The summed E-state index contributed by atoms with van der Waals surface area (Å²) in [6.07, 6.45) is 1.32. The molecule has 10 nitrogen and oxygen atoms in total. The molecule has 1 saturated carbocycles. The number of nitriles is 2. The predicted molar refractivity (Wildman–Crippen MR) is 146 cm³/mol. The molecule has 0 unspecified atom stereocenters. The Labute approximate surface area is 231 Å². The van der Waals surface area contributed by atoms with Gasteiger partial charge in [-0.15, -0.1) is 5.53 Å². The molecule has 3 heterocycles. The Bertz CT molecular complexity index is 1570. The van der Waals surface area contributed by atoms with E-state index in [-0.39, 0.29) is 5.41 Å². The van der Waals surface area contributed by atoms with Crippen molar-refractivity contribution in [1.29, 1.82) is 10.5 Å². The van der Waals surface area contributed by atoms with Crippen molar-refractivity contribution in [1.82, 2.24) is 25.9 Å². The van der Waals surface area contributed by atoms with E-state index >= 15 is 0 Å². The molecule has 0 spiro atoms. The third-order valence-corrected chi connectivity index (χ3v) is 7.08. The number of aryl methyl sites for hydroxylation is 2. The smallest absolute Gasteiger partial charge is 0.262 e. The van der Waals surface area contributed by atoms with Crippen molar-refractivity contribution in [2.24, 2.45) is 5.41 Å². The highest BCUT2D eigenvalue weighted by atomic mass is 19.3. The number of nitrogens with zero attached hydrogens (tertiary/aromatic N) is 5. The molecule has 4 N–H and O–H groups in total. The van der Waals surface area contributed by atoms with Gasteiger partial charge in [0.2, 0.25) is 0 Å². The molecule has 0 radical (unpaired) electrons. The topological polar surface area (TPSA) is 138 Å². The van der Waals surface area contributed by atoms with Gasteiger partial charge >= 0.3 is 0 Å². The van der Waals surface area contributed by atoms with Gasteiger partial charge in [-0.2, -0.15) is 10.5 Å². The zero-order chi connectivity index (χ0) is 28.8. The number of oxazole rings is 1. The van der Waals surface area contributed by atoms with Gasteiger partial charge < -0.3 is 20.5 Å². The Morgan fingerprint density at radius 2 is 1.90 bits per heavy atom. The monoisotopic (exact) mass is 547 g/mol. The van der Waals surface area contributed by atoms with Crippen LogP contribution in [-0.2, 0) is 0 Å². The summed E-state index contributed by atoms with van der Waals surface area (Å²) < 4.78 is 33.3. The van der Waals surface area contributed by atoms with E-state index in [1.807, 2.05) is 6.07 Å². The number of benzene rings is 1. The zero-order valence-electron chi connectivity index (χ0n) is 23.0. The molecule has 0 amide bonds. The Hall–Kier alpha value is -4.42. The Balaban J connectivity index is 1.60. The second kappa shape index (κ2) is 9.96. The molecule has 208 valence electrons.